The van der Waals surface area contributed by atoms with Gasteiger partial charge in [0.2, 0.25) is 5.89 Å². The molecule has 2 fully saturated rings. The number of benzene rings is 1. The Balaban J connectivity index is 1.45. The molecule has 1 saturated carbocycles. The Hall–Kier alpha value is -2.11. The van der Waals surface area contributed by atoms with Gasteiger partial charge in [-0.25, -0.2) is 4.39 Å². The molecule has 0 amide bonds. The van der Waals surface area contributed by atoms with Crippen molar-refractivity contribution in [2.45, 2.75) is 44.6 Å². The van der Waals surface area contributed by atoms with E-state index in [-0.39, 0.29) is 11.9 Å². The number of nitrogens with zero attached hydrogens (tertiary/aromatic N) is 3. The Morgan fingerprint density at radius 2 is 2.09 bits per heavy atom. The molecular formula is C17H21FN4O. The second-order valence-electron chi connectivity index (χ2n) is 6.49. The zero-order chi connectivity index (χ0) is 15.8. The Morgan fingerprint density at radius 1 is 1.30 bits per heavy atom. The SMILES string of the molecule is C[C@@H](Nc1ccc(N2CCCC2)c(F)c1)c1nc(C2CC2)no1. The first-order chi connectivity index (χ1) is 11.2. The predicted molar refractivity (Wildman–Crippen MR) is 86.2 cm³/mol. The molecule has 0 unspecified atom stereocenters. The number of nitrogens with one attached hydrogen (secondary N) is 1. The lowest BCUT2D eigenvalue weighted by Crippen LogP contribution is -2.19. The van der Waals surface area contributed by atoms with Crippen LogP contribution in [0.1, 0.15) is 56.3 Å². The molecule has 5 nitrogen and oxygen atoms in total. The van der Waals surface area contributed by atoms with Crippen LogP contribution in [0.25, 0.3) is 0 Å². The van der Waals surface area contributed by atoms with Gasteiger partial charge in [-0.1, -0.05) is 5.16 Å². The number of anilines is 2. The Kier molecular flexibility index (Phi) is 3.67. The van der Waals surface area contributed by atoms with Gasteiger partial charge in [-0.2, -0.15) is 4.98 Å². The summed E-state index contributed by atoms with van der Waals surface area (Å²) in [5.74, 6) is 1.63. The van der Waals surface area contributed by atoms with Gasteiger partial charge in [0.25, 0.3) is 0 Å². The molecule has 2 aliphatic rings. The third-order valence-electron chi connectivity index (χ3n) is 4.55. The largest absolute Gasteiger partial charge is 0.374 e. The van der Waals surface area contributed by atoms with Crippen LogP contribution in [-0.4, -0.2) is 23.2 Å². The van der Waals surface area contributed by atoms with Crippen molar-refractivity contribution in [2.75, 3.05) is 23.3 Å². The van der Waals surface area contributed by atoms with E-state index >= 15 is 0 Å². The van der Waals surface area contributed by atoms with Gasteiger partial charge in [0.05, 0.1) is 5.69 Å². The van der Waals surface area contributed by atoms with Crippen molar-refractivity contribution < 1.29 is 8.91 Å². The zero-order valence-electron chi connectivity index (χ0n) is 13.3. The lowest BCUT2D eigenvalue weighted by Gasteiger charge is -2.19. The van der Waals surface area contributed by atoms with E-state index in [1.54, 1.807) is 6.07 Å². The fraction of sp³-hybridized carbons (Fsp3) is 0.529. The van der Waals surface area contributed by atoms with Crippen LogP contribution in [-0.2, 0) is 0 Å². The highest BCUT2D eigenvalue weighted by atomic mass is 19.1. The maximum atomic E-state index is 14.3. The molecule has 23 heavy (non-hydrogen) atoms. The first-order valence-corrected chi connectivity index (χ1v) is 8.35. The second-order valence-corrected chi connectivity index (χ2v) is 6.49. The van der Waals surface area contributed by atoms with Crippen molar-refractivity contribution in [2.24, 2.45) is 0 Å². The Morgan fingerprint density at radius 3 is 2.78 bits per heavy atom. The Bertz CT molecular complexity index is 692. The van der Waals surface area contributed by atoms with Gasteiger partial charge in [-0.05, 0) is 50.8 Å². The summed E-state index contributed by atoms with van der Waals surface area (Å²) in [5.41, 5.74) is 1.42. The van der Waals surface area contributed by atoms with Gasteiger partial charge in [0.15, 0.2) is 5.82 Å². The van der Waals surface area contributed by atoms with E-state index in [4.69, 9.17) is 4.52 Å². The van der Waals surface area contributed by atoms with E-state index in [0.29, 0.717) is 17.5 Å². The highest BCUT2D eigenvalue weighted by molar-refractivity contribution is 5.57. The molecule has 1 N–H and O–H groups in total. The van der Waals surface area contributed by atoms with Crippen molar-refractivity contribution in [3.63, 3.8) is 0 Å². The first kappa shape index (κ1) is 14.5. The van der Waals surface area contributed by atoms with Crippen LogP contribution >= 0.6 is 0 Å². The molecule has 122 valence electrons. The van der Waals surface area contributed by atoms with Crippen molar-refractivity contribution in [1.29, 1.82) is 0 Å². The first-order valence-electron chi connectivity index (χ1n) is 8.35. The molecule has 1 aliphatic carbocycles. The number of halogens is 1. The minimum Gasteiger partial charge on any atom is -0.374 e. The number of rotatable bonds is 5. The molecule has 2 aromatic rings. The van der Waals surface area contributed by atoms with Crippen LogP contribution in [0.4, 0.5) is 15.8 Å². The summed E-state index contributed by atoms with van der Waals surface area (Å²) < 4.78 is 19.6. The van der Waals surface area contributed by atoms with Crippen molar-refractivity contribution >= 4 is 11.4 Å². The topological polar surface area (TPSA) is 54.2 Å². The van der Waals surface area contributed by atoms with Crippen LogP contribution in [0.2, 0.25) is 0 Å². The highest BCUT2D eigenvalue weighted by Crippen LogP contribution is 2.38. The summed E-state index contributed by atoms with van der Waals surface area (Å²) in [4.78, 5) is 6.53. The van der Waals surface area contributed by atoms with Crippen molar-refractivity contribution in [3.05, 3.63) is 35.7 Å². The van der Waals surface area contributed by atoms with Gasteiger partial charge in [0.1, 0.15) is 11.9 Å². The predicted octanol–water partition coefficient (Wildman–Crippen LogP) is 3.86. The third kappa shape index (κ3) is 3.02. The fourth-order valence-electron chi connectivity index (χ4n) is 3.05. The molecule has 0 radical (unpaired) electrons. The standard InChI is InChI=1S/C17H21FN4O/c1-11(17-20-16(21-23-17)12-4-5-12)19-13-6-7-15(14(18)10-13)22-8-2-3-9-22/h6-7,10-12,19H,2-5,8-9H2,1H3/t11-/m1/s1. The molecule has 0 spiro atoms. The third-order valence-corrected chi connectivity index (χ3v) is 4.55. The van der Waals surface area contributed by atoms with Crippen LogP contribution in [0.5, 0.6) is 0 Å². The summed E-state index contributed by atoms with van der Waals surface area (Å²) in [5, 5.41) is 7.25. The molecule has 4 rings (SSSR count). The quantitative estimate of drug-likeness (QED) is 0.908. The molecule has 1 aromatic carbocycles. The van der Waals surface area contributed by atoms with Crippen molar-refractivity contribution in [1.82, 2.24) is 10.1 Å². The average Bonchev–Trinajstić information content (AvgIpc) is 3.04. The van der Waals surface area contributed by atoms with Crippen molar-refractivity contribution in [3.8, 4) is 0 Å². The monoisotopic (exact) mass is 316 g/mol. The van der Waals surface area contributed by atoms with Crippen LogP contribution in [0.15, 0.2) is 22.7 Å². The molecule has 1 aliphatic heterocycles. The lowest BCUT2D eigenvalue weighted by atomic mass is 10.2. The minimum atomic E-state index is -0.187. The Labute approximate surface area is 134 Å². The van der Waals surface area contributed by atoms with Crippen LogP contribution in [0, 0.1) is 5.82 Å². The van der Waals surface area contributed by atoms with Gasteiger partial charge in [0, 0.05) is 24.7 Å². The molecular weight excluding hydrogens is 295 g/mol. The minimum absolute atomic E-state index is 0.146. The lowest BCUT2D eigenvalue weighted by molar-refractivity contribution is 0.363. The van der Waals surface area contributed by atoms with E-state index in [1.807, 2.05) is 19.1 Å². The number of hydrogen-bond donors (Lipinski definition) is 1. The van der Waals surface area contributed by atoms with Crippen LogP contribution in [0.3, 0.4) is 0 Å². The summed E-state index contributed by atoms with van der Waals surface area (Å²) >= 11 is 0. The summed E-state index contributed by atoms with van der Waals surface area (Å²) in [6, 6.07) is 5.15. The normalized spacial score (nSPS) is 19.1. The van der Waals surface area contributed by atoms with Gasteiger partial charge >= 0.3 is 0 Å². The van der Waals surface area contributed by atoms with E-state index in [9.17, 15) is 4.39 Å². The fourth-order valence-corrected chi connectivity index (χ4v) is 3.05. The molecule has 1 aromatic heterocycles. The summed E-state index contributed by atoms with van der Waals surface area (Å²) in [6.45, 7) is 3.81. The second kappa shape index (κ2) is 5.83. The maximum absolute atomic E-state index is 14.3. The van der Waals surface area contributed by atoms with Gasteiger partial charge in [-0.15, -0.1) is 0 Å². The molecule has 0 bridgehead atoms. The molecule has 2 heterocycles. The average molecular weight is 316 g/mol. The van der Waals surface area contributed by atoms with Crippen LogP contribution < -0.4 is 10.2 Å². The van der Waals surface area contributed by atoms with E-state index in [2.05, 4.69) is 20.4 Å². The smallest absolute Gasteiger partial charge is 0.248 e. The maximum Gasteiger partial charge on any atom is 0.248 e. The van der Waals surface area contributed by atoms with Gasteiger partial charge < -0.3 is 14.7 Å². The highest BCUT2D eigenvalue weighted by Gasteiger charge is 2.29. The van der Waals surface area contributed by atoms with E-state index in [1.165, 1.54) is 0 Å². The molecule has 6 heteroatoms. The van der Waals surface area contributed by atoms with Gasteiger partial charge in [-0.3, -0.25) is 0 Å². The number of aromatic nitrogens is 2. The summed E-state index contributed by atoms with van der Waals surface area (Å²) in [6.07, 6.45) is 4.56. The molecule has 1 saturated heterocycles. The molecule has 1 atom stereocenters. The zero-order valence-corrected chi connectivity index (χ0v) is 13.3. The number of hydrogen-bond acceptors (Lipinski definition) is 5. The summed E-state index contributed by atoms with van der Waals surface area (Å²) in [7, 11) is 0. The van der Waals surface area contributed by atoms with E-state index in [0.717, 1.165) is 50.3 Å². The van der Waals surface area contributed by atoms with E-state index < -0.39 is 0 Å².